The molecule has 0 amide bonds. The van der Waals surface area contributed by atoms with E-state index in [2.05, 4.69) is 27.1 Å². The maximum Gasteiger partial charge on any atom is 0.123 e. The molecule has 2 aliphatic rings. The van der Waals surface area contributed by atoms with Gasteiger partial charge in [-0.1, -0.05) is 36.1 Å². The molecule has 8 heteroatoms. The van der Waals surface area contributed by atoms with Gasteiger partial charge in [0.25, 0.3) is 0 Å². The fraction of sp³-hybridized carbons (Fsp3) is 0.462. The molecule has 0 unspecified atom stereocenters. The second-order valence-corrected chi connectivity index (χ2v) is 8.78. The van der Waals surface area contributed by atoms with E-state index in [1.54, 1.807) is 0 Å². The van der Waals surface area contributed by atoms with Gasteiger partial charge in [0.15, 0.2) is 0 Å². The van der Waals surface area contributed by atoms with E-state index in [1.807, 2.05) is 29.9 Å². The van der Waals surface area contributed by atoms with Crippen molar-refractivity contribution in [3.8, 4) is 11.8 Å². The van der Waals surface area contributed by atoms with Crippen molar-refractivity contribution in [2.75, 3.05) is 39.3 Å². The van der Waals surface area contributed by atoms with Crippen LogP contribution in [0.4, 0.5) is 8.78 Å². The van der Waals surface area contributed by atoms with Gasteiger partial charge in [0.05, 0.1) is 12.1 Å². The van der Waals surface area contributed by atoms with Crippen molar-refractivity contribution in [1.82, 2.24) is 20.8 Å². The second-order valence-electron chi connectivity index (χ2n) is 8.78. The van der Waals surface area contributed by atoms with E-state index in [9.17, 15) is 8.78 Å². The number of halogens is 2. The smallest absolute Gasteiger partial charge is 0.123 e. The summed E-state index contributed by atoms with van der Waals surface area (Å²) in [5, 5.41) is 8.48. The van der Waals surface area contributed by atoms with E-state index in [1.165, 1.54) is 24.3 Å². The lowest BCUT2D eigenvalue weighted by Crippen LogP contribution is -2.49. The average Bonchev–Trinajstić information content (AvgIpc) is 3.30. The predicted molar refractivity (Wildman–Crippen MR) is 126 cm³/mol. The molecule has 3 N–H and O–H groups in total. The molecular weight excluding hydrogens is 438 g/mol. The molecule has 4 rings (SSSR count). The molecule has 2 fully saturated rings. The first kappa shape index (κ1) is 24.7. The van der Waals surface area contributed by atoms with E-state index in [0.29, 0.717) is 13.0 Å². The zero-order valence-electron chi connectivity index (χ0n) is 19.2. The first-order valence-electron chi connectivity index (χ1n) is 11.9. The van der Waals surface area contributed by atoms with Crippen LogP contribution in [-0.2, 0) is 4.74 Å². The van der Waals surface area contributed by atoms with Crippen molar-refractivity contribution in [3.05, 3.63) is 71.3 Å². The topological polar surface area (TPSA) is 60.0 Å². The Bertz CT molecular complexity index is 908. The van der Waals surface area contributed by atoms with Crippen LogP contribution in [0.5, 0.6) is 0 Å². The Morgan fingerprint density at radius 3 is 2.15 bits per heavy atom. The Hall–Kier alpha value is -2.38. The van der Waals surface area contributed by atoms with Crippen LogP contribution in [0.15, 0.2) is 48.5 Å². The van der Waals surface area contributed by atoms with Gasteiger partial charge < -0.3 is 9.94 Å². The first-order valence-corrected chi connectivity index (χ1v) is 11.9. The molecule has 6 nitrogen and oxygen atoms in total. The lowest BCUT2D eigenvalue weighted by Gasteiger charge is -2.40. The minimum atomic E-state index is -0.259. The highest BCUT2D eigenvalue weighted by Gasteiger charge is 2.30. The standard InChI is InChI=1S/C26H32F2N4O2/c27-22-8-4-20(5-9-22)26(21-6-10-23(28)11-7-21)32-17-15-31(16-18-32)19-25-13-12-24(34-25)3-1-2-14-29-30-33/h4-11,24-26,29-30,33H,2,12-19H2/t24-,25+/m1/s1. The summed E-state index contributed by atoms with van der Waals surface area (Å²) in [6, 6.07) is 13.2. The number of ether oxygens (including phenoxy) is 1. The highest BCUT2D eigenvalue weighted by Crippen LogP contribution is 2.30. The largest absolute Gasteiger partial charge is 0.361 e. The molecule has 0 aromatic heterocycles. The number of piperazine rings is 1. The summed E-state index contributed by atoms with van der Waals surface area (Å²) >= 11 is 0. The molecule has 2 aliphatic heterocycles. The molecule has 2 saturated heterocycles. The number of rotatable bonds is 8. The van der Waals surface area contributed by atoms with Crippen molar-refractivity contribution >= 4 is 0 Å². The SMILES string of the molecule is ONNCCC#C[C@@H]1CC[C@@H](CN2CCN(C(c3ccc(F)cc3)c3ccc(F)cc3)CC2)O1. The lowest BCUT2D eigenvalue weighted by atomic mass is 9.96. The summed E-state index contributed by atoms with van der Waals surface area (Å²) in [5.41, 5.74) is 6.50. The van der Waals surface area contributed by atoms with Crippen LogP contribution in [0.1, 0.15) is 36.4 Å². The van der Waals surface area contributed by atoms with Gasteiger partial charge in [0.2, 0.25) is 0 Å². The molecular formula is C26H32F2N4O2. The molecule has 0 radical (unpaired) electrons. The lowest BCUT2D eigenvalue weighted by molar-refractivity contribution is 0.0274. The molecule has 182 valence electrons. The molecule has 2 aromatic carbocycles. The molecule has 0 aliphatic carbocycles. The summed E-state index contributed by atoms with van der Waals surface area (Å²) in [7, 11) is 0. The summed E-state index contributed by atoms with van der Waals surface area (Å²) in [4.78, 5) is 4.82. The zero-order chi connectivity index (χ0) is 23.8. The Morgan fingerprint density at radius 2 is 1.56 bits per heavy atom. The molecule has 0 saturated carbocycles. The van der Waals surface area contributed by atoms with Gasteiger partial charge in [-0.3, -0.25) is 9.80 Å². The Labute approximate surface area is 199 Å². The van der Waals surface area contributed by atoms with E-state index in [-0.39, 0.29) is 29.9 Å². The molecule has 2 heterocycles. The van der Waals surface area contributed by atoms with Gasteiger partial charge in [0, 0.05) is 45.7 Å². The molecule has 0 bridgehead atoms. The number of hydrogen-bond donors (Lipinski definition) is 3. The molecule has 0 spiro atoms. The predicted octanol–water partition coefficient (Wildman–Crippen LogP) is 3.10. The third kappa shape index (κ3) is 6.83. The van der Waals surface area contributed by atoms with Crippen molar-refractivity contribution in [1.29, 1.82) is 0 Å². The van der Waals surface area contributed by atoms with Crippen LogP contribution in [-0.4, -0.2) is 66.5 Å². The molecule has 34 heavy (non-hydrogen) atoms. The van der Waals surface area contributed by atoms with Crippen molar-refractivity contribution in [2.45, 2.75) is 37.5 Å². The van der Waals surface area contributed by atoms with Crippen LogP contribution in [0.25, 0.3) is 0 Å². The number of hydrogen-bond acceptors (Lipinski definition) is 6. The van der Waals surface area contributed by atoms with E-state index in [0.717, 1.165) is 56.7 Å². The van der Waals surface area contributed by atoms with E-state index in [4.69, 9.17) is 9.94 Å². The van der Waals surface area contributed by atoms with Gasteiger partial charge in [-0.05, 0) is 48.2 Å². The van der Waals surface area contributed by atoms with Gasteiger partial charge in [-0.15, -0.1) is 5.59 Å². The summed E-state index contributed by atoms with van der Waals surface area (Å²) in [5.74, 6) is 5.74. The third-order valence-corrected chi connectivity index (χ3v) is 6.43. The summed E-state index contributed by atoms with van der Waals surface area (Å²) in [6.07, 6.45) is 2.76. The number of nitrogens with one attached hydrogen (secondary N) is 2. The van der Waals surface area contributed by atoms with Crippen LogP contribution in [0, 0.1) is 23.5 Å². The normalized spacial score (nSPS) is 21.5. The Balaban J connectivity index is 1.31. The first-order chi connectivity index (χ1) is 16.6. The van der Waals surface area contributed by atoms with Gasteiger partial charge in [-0.2, -0.15) is 0 Å². The van der Waals surface area contributed by atoms with E-state index < -0.39 is 0 Å². The van der Waals surface area contributed by atoms with Crippen molar-refractivity contribution in [3.63, 3.8) is 0 Å². The fourth-order valence-electron chi connectivity index (χ4n) is 4.71. The number of hydrazine groups is 1. The zero-order valence-corrected chi connectivity index (χ0v) is 19.2. The maximum absolute atomic E-state index is 13.5. The minimum absolute atomic E-state index is 0.0188. The average molecular weight is 471 g/mol. The Morgan fingerprint density at radius 1 is 0.941 bits per heavy atom. The monoisotopic (exact) mass is 470 g/mol. The van der Waals surface area contributed by atoms with E-state index >= 15 is 0 Å². The minimum Gasteiger partial charge on any atom is -0.361 e. The fourth-order valence-corrected chi connectivity index (χ4v) is 4.71. The summed E-state index contributed by atoms with van der Waals surface area (Å²) < 4.78 is 33.2. The number of nitrogens with zero attached hydrogens (tertiary/aromatic N) is 2. The molecule has 2 aromatic rings. The van der Waals surface area contributed by atoms with Crippen molar-refractivity contribution < 1.29 is 18.7 Å². The van der Waals surface area contributed by atoms with Crippen LogP contribution < -0.4 is 11.0 Å². The van der Waals surface area contributed by atoms with Crippen LogP contribution in [0.3, 0.4) is 0 Å². The summed E-state index contributed by atoms with van der Waals surface area (Å²) in [6.45, 7) is 5.01. The quantitative estimate of drug-likeness (QED) is 0.313. The van der Waals surface area contributed by atoms with Gasteiger partial charge in [0.1, 0.15) is 17.7 Å². The molecule has 2 atom stereocenters. The van der Waals surface area contributed by atoms with Crippen LogP contribution in [0.2, 0.25) is 0 Å². The second kappa shape index (κ2) is 12.4. The Kier molecular flexibility index (Phi) is 8.99. The van der Waals surface area contributed by atoms with Gasteiger partial charge in [-0.25, -0.2) is 14.2 Å². The van der Waals surface area contributed by atoms with Gasteiger partial charge >= 0.3 is 0 Å². The third-order valence-electron chi connectivity index (χ3n) is 6.43. The maximum atomic E-state index is 13.5. The van der Waals surface area contributed by atoms with Crippen LogP contribution >= 0.6 is 0 Å². The highest BCUT2D eigenvalue weighted by molar-refractivity contribution is 5.32. The number of benzene rings is 2. The van der Waals surface area contributed by atoms with Crippen molar-refractivity contribution in [2.24, 2.45) is 0 Å². The highest BCUT2D eigenvalue weighted by atomic mass is 19.1.